The summed E-state index contributed by atoms with van der Waals surface area (Å²) in [6.07, 6.45) is 0.497. The summed E-state index contributed by atoms with van der Waals surface area (Å²) in [6, 6.07) is 11.4. The van der Waals surface area contributed by atoms with Gasteiger partial charge in [-0.05, 0) is 44.9 Å². The van der Waals surface area contributed by atoms with E-state index in [0.717, 1.165) is 16.9 Å². The fourth-order valence-electron chi connectivity index (χ4n) is 3.52. The molecule has 6 heteroatoms. The number of carbonyl (C=O) groups excluding carboxylic acids is 1. The molecular weight excluding hydrogens is 384 g/mol. The van der Waals surface area contributed by atoms with E-state index in [1.807, 2.05) is 57.2 Å². The van der Waals surface area contributed by atoms with Crippen LogP contribution in [0.2, 0.25) is 0 Å². The van der Waals surface area contributed by atoms with E-state index in [1.54, 1.807) is 28.4 Å². The van der Waals surface area contributed by atoms with Gasteiger partial charge < -0.3 is 23.7 Å². The van der Waals surface area contributed by atoms with Crippen molar-refractivity contribution in [1.29, 1.82) is 0 Å². The number of esters is 1. The van der Waals surface area contributed by atoms with Gasteiger partial charge in [0.1, 0.15) is 23.0 Å². The van der Waals surface area contributed by atoms with Gasteiger partial charge in [0.2, 0.25) is 0 Å². The maximum Gasteiger partial charge on any atom is 0.311 e. The number of hydrogen-bond donors (Lipinski definition) is 0. The Morgan fingerprint density at radius 3 is 1.83 bits per heavy atom. The third-order valence-electron chi connectivity index (χ3n) is 5.16. The topological polar surface area (TPSA) is 63.2 Å². The van der Waals surface area contributed by atoms with Gasteiger partial charge in [0.25, 0.3) is 0 Å². The Morgan fingerprint density at radius 2 is 1.40 bits per heavy atom. The van der Waals surface area contributed by atoms with Crippen molar-refractivity contribution in [3.05, 3.63) is 47.5 Å². The molecule has 0 saturated heterocycles. The van der Waals surface area contributed by atoms with Crippen molar-refractivity contribution in [2.75, 3.05) is 35.0 Å². The quantitative estimate of drug-likeness (QED) is 0.517. The summed E-state index contributed by atoms with van der Waals surface area (Å²) < 4.78 is 27.4. The lowest BCUT2D eigenvalue weighted by atomic mass is 9.76. The van der Waals surface area contributed by atoms with E-state index in [0.29, 0.717) is 30.3 Å². The first-order valence-corrected chi connectivity index (χ1v) is 9.92. The molecule has 6 nitrogen and oxygen atoms in total. The van der Waals surface area contributed by atoms with Crippen molar-refractivity contribution in [3.63, 3.8) is 0 Å². The predicted molar refractivity (Wildman–Crippen MR) is 116 cm³/mol. The van der Waals surface area contributed by atoms with Gasteiger partial charge in [-0.25, -0.2) is 0 Å². The van der Waals surface area contributed by atoms with Crippen LogP contribution < -0.4 is 18.9 Å². The van der Waals surface area contributed by atoms with Crippen molar-refractivity contribution in [3.8, 4) is 23.0 Å². The van der Waals surface area contributed by atoms with Crippen LogP contribution in [0.4, 0.5) is 0 Å². The lowest BCUT2D eigenvalue weighted by Crippen LogP contribution is -2.29. The SMILES string of the molecule is CCOC(=O)C(C)(C)CC(c1ccc(OC)cc1)c1c(OC)cc(OC)cc1OC. The minimum absolute atomic E-state index is 0.189. The Balaban J connectivity index is 2.65. The normalized spacial score (nSPS) is 12.1. The molecule has 0 fully saturated rings. The van der Waals surface area contributed by atoms with E-state index < -0.39 is 5.41 Å². The summed E-state index contributed by atoms with van der Waals surface area (Å²) in [5, 5.41) is 0. The van der Waals surface area contributed by atoms with Gasteiger partial charge >= 0.3 is 5.97 Å². The molecule has 2 aromatic carbocycles. The highest BCUT2D eigenvalue weighted by Gasteiger charge is 2.36. The zero-order valence-corrected chi connectivity index (χ0v) is 18.9. The molecule has 0 saturated carbocycles. The maximum absolute atomic E-state index is 12.6. The summed E-state index contributed by atoms with van der Waals surface area (Å²) in [6.45, 7) is 5.93. The van der Waals surface area contributed by atoms with E-state index in [4.69, 9.17) is 23.7 Å². The Hall–Kier alpha value is -2.89. The molecule has 0 spiro atoms. The minimum Gasteiger partial charge on any atom is -0.497 e. The molecule has 0 aliphatic carbocycles. The van der Waals surface area contributed by atoms with Crippen LogP contribution in [0.3, 0.4) is 0 Å². The van der Waals surface area contributed by atoms with Crippen LogP contribution in [0.5, 0.6) is 23.0 Å². The van der Waals surface area contributed by atoms with Crippen molar-refractivity contribution in [2.24, 2.45) is 5.41 Å². The Bertz CT molecular complexity index is 816. The second-order valence-corrected chi connectivity index (χ2v) is 7.58. The zero-order chi connectivity index (χ0) is 22.3. The molecule has 0 N–H and O–H groups in total. The molecule has 0 amide bonds. The molecule has 0 aliphatic heterocycles. The Morgan fingerprint density at radius 1 is 0.867 bits per heavy atom. The maximum atomic E-state index is 12.6. The number of methoxy groups -OCH3 is 4. The van der Waals surface area contributed by atoms with Crippen molar-refractivity contribution in [2.45, 2.75) is 33.1 Å². The molecule has 164 valence electrons. The van der Waals surface area contributed by atoms with E-state index >= 15 is 0 Å². The molecule has 0 radical (unpaired) electrons. The molecule has 1 unspecified atom stereocenters. The smallest absolute Gasteiger partial charge is 0.311 e. The van der Waals surface area contributed by atoms with Gasteiger partial charge in [0, 0.05) is 23.6 Å². The number of rotatable bonds is 10. The van der Waals surface area contributed by atoms with Gasteiger partial charge in [-0.15, -0.1) is 0 Å². The molecular formula is C24H32O6. The molecule has 0 aromatic heterocycles. The fourth-order valence-corrected chi connectivity index (χ4v) is 3.52. The van der Waals surface area contributed by atoms with E-state index in [9.17, 15) is 4.79 Å². The van der Waals surface area contributed by atoms with Crippen LogP contribution in [0.25, 0.3) is 0 Å². The van der Waals surface area contributed by atoms with Gasteiger partial charge in [0.05, 0.1) is 40.5 Å². The first kappa shape index (κ1) is 23.4. The van der Waals surface area contributed by atoms with Crippen LogP contribution >= 0.6 is 0 Å². The van der Waals surface area contributed by atoms with Crippen molar-refractivity contribution in [1.82, 2.24) is 0 Å². The van der Waals surface area contributed by atoms with Crippen LogP contribution in [0.1, 0.15) is 44.2 Å². The number of benzene rings is 2. The average Bonchev–Trinajstić information content (AvgIpc) is 2.76. The Labute approximate surface area is 179 Å². The highest BCUT2D eigenvalue weighted by molar-refractivity contribution is 5.76. The number of ether oxygens (including phenoxy) is 5. The van der Waals surface area contributed by atoms with Gasteiger partial charge in [0.15, 0.2) is 0 Å². The molecule has 2 rings (SSSR count). The van der Waals surface area contributed by atoms with Gasteiger partial charge in [-0.2, -0.15) is 0 Å². The summed E-state index contributed by atoms with van der Waals surface area (Å²) in [7, 11) is 6.45. The van der Waals surface area contributed by atoms with E-state index in [-0.39, 0.29) is 11.9 Å². The minimum atomic E-state index is -0.726. The van der Waals surface area contributed by atoms with Crippen molar-refractivity contribution >= 4 is 5.97 Å². The third kappa shape index (κ3) is 5.17. The van der Waals surface area contributed by atoms with E-state index in [1.165, 1.54) is 0 Å². The average molecular weight is 417 g/mol. The van der Waals surface area contributed by atoms with Gasteiger partial charge in [-0.3, -0.25) is 4.79 Å². The molecule has 0 heterocycles. The molecule has 0 bridgehead atoms. The third-order valence-corrected chi connectivity index (χ3v) is 5.16. The lowest BCUT2D eigenvalue weighted by molar-refractivity contribution is -0.153. The first-order valence-electron chi connectivity index (χ1n) is 9.92. The molecule has 0 aliphatic rings. The molecule has 1 atom stereocenters. The number of carbonyl (C=O) groups is 1. The van der Waals surface area contributed by atoms with E-state index in [2.05, 4.69) is 0 Å². The standard InChI is InChI=1S/C24H32O6/c1-8-30-23(25)24(2,3)15-19(16-9-11-17(26-4)12-10-16)22-20(28-6)13-18(27-5)14-21(22)29-7/h9-14,19H,8,15H2,1-7H3. The second kappa shape index (κ2) is 10.2. The summed E-state index contributed by atoms with van der Waals surface area (Å²) in [4.78, 5) is 12.6. The summed E-state index contributed by atoms with van der Waals surface area (Å²) in [5.41, 5.74) is 1.13. The fraction of sp³-hybridized carbons (Fsp3) is 0.458. The first-order chi connectivity index (χ1) is 14.3. The van der Waals surface area contributed by atoms with Crippen LogP contribution in [0.15, 0.2) is 36.4 Å². The van der Waals surface area contributed by atoms with Crippen molar-refractivity contribution < 1.29 is 28.5 Å². The predicted octanol–water partition coefficient (Wildman–Crippen LogP) is 4.83. The second-order valence-electron chi connectivity index (χ2n) is 7.58. The van der Waals surface area contributed by atoms with Crippen LogP contribution in [-0.4, -0.2) is 41.0 Å². The molecule has 30 heavy (non-hydrogen) atoms. The largest absolute Gasteiger partial charge is 0.497 e. The lowest BCUT2D eigenvalue weighted by Gasteiger charge is -2.30. The van der Waals surface area contributed by atoms with Crippen LogP contribution in [-0.2, 0) is 9.53 Å². The monoisotopic (exact) mass is 416 g/mol. The molecule has 2 aromatic rings. The number of hydrogen-bond acceptors (Lipinski definition) is 6. The zero-order valence-electron chi connectivity index (χ0n) is 18.9. The van der Waals surface area contributed by atoms with Crippen LogP contribution in [0, 0.1) is 5.41 Å². The highest BCUT2D eigenvalue weighted by Crippen LogP contribution is 2.47. The van der Waals surface area contributed by atoms with Gasteiger partial charge in [-0.1, -0.05) is 12.1 Å². The summed E-state index contributed by atoms with van der Waals surface area (Å²) >= 11 is 0. The summed E-state index contributed by atoms with van der Waals surface area (Å²) in [5.74, 6) is 2.22. The highest BCUT2D eigenvalue weighted by atomic mass is 16.5. The Kier molecular flexibility index (Phi) is 7.98.